The molecule has 0 radical (unpaired) electrons. The quantitative estimate of drug-likeness (QED) is 0.499. The Balaban J connectivity index is 1.34. The number of benzene rings is 2. The third kappa shape index (κ3) is 4.52. The summed E-state index contributed by atoms with van der Waals surface area (Å²) in [6.45, 7) is 12.3. The number of rotatable bonds is 4. The smallest absolute Gasteiger partial charge is 0.228 e. The molecule has 176 valence electrons. The molecular formula is C30H35N3O. The highest BCUT2D eigenvalue weighted by Gasteiger charge is 2.30. The van der Waals surface area contributed by atoms with Gasteiger partial charge in [-0.25, -0.2) is 0 Å². The Labute approximate surface area is 203 Å². The molecule has 0 spiro atoms. The third-order valence-corrected chi connectivity index (χ3v) is 7.53. The zero-order chi connectivity index (χ0) is 23.9. The molecule has 0 fully saturated rings. The van der Waals surface area contributed by atoms with Gasteiger partial charge in [-0.15, -0.1) is 0 Å². The van der Waals surface area contributed by atoms with Crippen LogP contribution < -0.4 is 4.90 Å². The van der Waals surface area contributed by atoms with Crippen molar-refractivity contribution in [3.63, 3.8) is 0 Å². The minimum absolute atomic E-state index is 0.116. The van der Waals surface area contributed by atoms with E-state index in [1.807, 2.05) is 11.0 Å². The first-order valence-electron chi connectivity index (χ1n) is 12.5. The zero-order valence-electron chi connectivity index (χ0n) is 20.9. The van der Waals surface area contributed by atoms with Crippen LogP contribution in [0.3, 0.4) is 0 Å². The number of amides is 1. The molecule has 1 aromatic heterocycles. The number of nitrogens with zero attached hydrogens (tertiary/aromatic N) is 3. The molecule has 2 aliphatic rings. The molecule has 3 heterocycles. The molecule has 3 aromatic rings. The number of carbonyl (C=O) groups excluding carboxylic acids is 1. The van der Waals surface area contributed by atoms with Crippen LogP contribution in [-0.4, -0.2) is 35.4 Å². The molecule has 5 rings (SSSR count). The number of aromatic nitrogens is 1. The number of hydrogen-bond acceptors (Lipinski definition) is 3. The normalized spacial score (nSPS) is 17.2. The summed E-state index contributed by atoms with van der Waals surface area (Å²) in [4.78, 5) is 22.1. The number of para-hydroxylation sites is 1. The minimum Gasteiger partial charge on any atom is -0.312 e. The first-order valence-corrected chi connectivity index (χ1v) is 12.5. The molecule has 2 aromatic carbocycles. The summed E-state index contributed by atoms with van der Waals surface area (Å²) in [6, 6.07) is 19.6. The van der Waals surface area contributed by atoms with Crippen molar-refractivity contribution in [2.45, 2.75) is 58.9 Å². The Bertz CT molecular complexity index is 1210. The van der Waals surface area contributed by atoms with E-state index >= 15 is 0 Å². The van der Waals surface area contributed by atoms with Crippen LogP contribution in [0.2, 0.25) is 0 Å². The van der Waals surface area contributed by atoms with Gasteiger partial charge in [0, 0.05) is 43.1 Å². The number of hydrogen-bond donors (Lipinski definition) is 0. The van der Waals surface area contributed by atoms with Crippen molar-refractivity contribution >= 4 is 11.6 Å². The Hall–Kier alpha value is -2.98. The van der Waals surface area contributed by atoms with Crippen LogP contribution in [0.1, 0.15) is 54.8 Å². The third-order valence-electron chi connectivity index (χ3n) is 7.53. The van der Waals surface area contributed by atoms with E-state index in [0.717, 1.165) is 56.1 Å². The molecule has 0 saturated carbocycles. The molecule has 4 heteroatoms. The second kappa shape index (κ2) is 8.99. The van der Waals surface area contributed by atoms with E-state index in [1.54, 1.807) is 0 Å². The Kier molecular flexibility index (Phi) is 6.03. The Morgan fingerprint density at radius 2 is 1.71 bits per heavy atom. The molecule has 1 amide bonds. The fourth-order valence-corrected chi connectivity index (χ4v) is 5.63. The summed E-state index contributed by atoms with van der Waals surface area (Å²) in [6.07, 6.45) is 2.62. The summed E-state index contributed by atoms with van der Waals surface area (Å²) in [5.41, 5.74) is 9.89. The van der Waals surface area contributed by atoms with Gasteiger partial charge in [-0.3, -0.25) is 14.7 Å². The van der Waals surface area contributed by atoms with Crippen LogP contribution in [0, 0.1) is 13.8 Å². The predicted molar refractivity (Wildman–Crippen MR) is 139 cm³/mol. The van der Waals surface area contributed by atoms with Gasteiger partial charge in [0.15, 0.2) is 0 Å². The zero-order valence-corrected chi connectivity index (χ0v) is 20.9. The molecule has 0 saturated heterocycles. The summed E-state index contributed by atoms with van der Waals surface area (Å²) >= 11 is 0. The highest BCUT2D eigenvalue weighted by molar-refractivity contribution is 5.95. The average Bonchev–Trinajstić information content (AvgIpc) is 3.19. The van der Waals surface area contributed by atoms with E-state index in [9.17, 15) is 4.79 Å². The minimum atomic E-state index is 0.116. The lowest BCUT2D eigenvalue weighted by molar-refractivity contribution is -0.118. The molecule has 34 heavy (non-hydrogen) atoms. The second-order valence-corrected chi connectivity index (χ2v) is 10.6. The SMILES string of the molecule is Cc1cc(-c2ccc3c(c2)CN(CCC(=O)N2CCc4ccccc42)CCC3(C)C)cc(C)n1. The van der Waals surface area contributed by atoms with Crippen molar-refractivity contribution in [3.8, 4) is 11.1 Å². The van der Waals surface area contributed by atoms with Gasteiger partial charge in [-0.1, -0.05) is 44.2 Å². The highest BCUT2D eigenvalue weighted by Crippen LogP contribution is 2.36. The topological polar surface area (TPSA) is 36.4 Å². The molecule has 0 bridgehead atoms. The van der Waals surface area contributed by atoms with Gasteiger partial charge in [0.2, 0.25) is 5.91 Å². The van der Waals surface area contributed by atoms with Crippen molar-refractivity contribution in [1.82, 2.24) is 9.88 Å². The summed E-state index contributed by atoms with van der Waals surface area (Å²) in [5, 5.41) is 0. The maximum atomic E-state index is 13.1. The number of aryl methyl sites for hydroxylation is 2. The van der Waals surface area contributed by atoms with Gasteiger partial charge in [0.05, 0.1) is 0 Å². The molecule has 0 aliphatic carbocycles. The average molecular weight is 454 g/mol. The van der Waals surface area contributed by atoms with Crippen molar-refractivity contribution < 1.29 is 4.79 Å². The van der Waals surface area contributed by atoms with Crippen LogP contribution >= 0.6 is 0 Å². The van der Waals surface area contributed by atoms with E-state index in [2.05, 4.69) is 86.1 Å². The number of pyridine rings is 1. The van der Waals surface area contributed by atoms with Gasteiger partial charge in [0.25, 0.3) is 0 Å². The van der Waals surface area contributed by atoms with Crippen molar-refractivity contribution in [2.24, 2.45) is 0 Å². The van der Waals surface area contributed by atoms with Gasteiger partial charge >= 0.3 is 0 Å². The fraction of sp³-hybridized carbons (Fsp3) is 0.400. The largest absolute Gasteiger partial charge is 0.312 e. The molecule has 0 unspecified atom stereocenters. The summed E-state index contributed by atoms with van der Waals surface area (Å²) in [7, 11) is 0. The summed E-state index contributed by atoms with van der Waals surface area (Å²) < 4.78 is 0. The van der Waals surface area contributed by atoms with E-state index in [1.165, 1.54) is 27.8 Å². The lowest BCUT2D eigenvalue weighted by Crippen LogP contribution is -2.34. The lowest BCUT2D eigenvalue weighted by Gasteiger charge is -2.25. The predicted octanol–water partition coefficient (Wildman–Crippen LogP) is 5.83. The molecule has 4 nitrogen and oxygen atoms in total. The van der Waals surface area contributed by atoms with Gasteiger partial charge in [-0.05, 0) is 90.7 Å². The van der Waals surface area contributed by atoms with Crippen LogP contribution in [0.15, 0.2) is 54.6 Å². The van der Waals surface area contributed by atoms with Crippen LogP contribution in [0.4, 0.5) is 5.69 Å². The standard InChI is InChI=1S/C30H35N3O/c1-21-17-25(18-22(2)31-21)24-9-10-27-26(19-24)20-32(16-13-30(27,3)4)14-12-29(34)33-15-11-23-7-5-6-8-28(23)33/h5-10,17-19H,11-16,20H2,1-4H3. The molecule has 2 aliphatic heterocycles. The monoisotopic (exact) mass is 453 g/mol. The van der Waals surface area contributed by atoms with Crippen molar-refractivity contribution in [1.29, 1.82) is 0 Å². The second-order valence-electron chi connectivity index (χ2n) is 10.6. The van der Waals surface area contributed by atoms with Gasteiger partial charge < -0.3 is 4.90 Å². The van der Waals surface area contributed by atoms with Crippen molar-refractivity contribution in [3.05, 3.63) is 82.7 Å². The van der Waals surface area contributed by atoms with E-state index in [4.69, 9.17) is 0 Å². The van der Waals surface area contributed by atoms with E-state index in [0.29, 0.717) is 6.42 Å². The van der Waals surface area contributed by atoms with Crippen molar-refractivity contribution in [2.75, 3.05) is 24.5 Å². The lowest BCUT2D eigenvalue weighted by atomic mass is 9.79. The van der Waals surface area contributed by atoms with E-state index < -0.39 is 0 Å². The Morgan fingerprint density at radius 1 is 0.941 bits per heavy atom. The van der Waals surface area contributed by atoms with Gasteiger partial charge in [-0.2, -0.15) is 0 Å². The maximum Gasteiger partial charge on any atom is 0.228 e. The maximum absolute atomic E-state index is 13.1. The molecule has 0 atom stereocenters. The van der Waals surface area contributed by atoms with Gasteiger partial charge in [0.1, 0.15) is 0 Å². The molecular weight excluding hydrogens is 418 g/mol. The van der Waals surface area contributed by atoms with Crippen LogP contribution in [0.5, 0.6) is 0 Å². The molecule has 0 N–H and O–H groups in total. The van der Waals surface area contributed by atoms with Crippen LogP contribution in [0.25, 0.3) is 11.1 Å². The van der Waals surface area contributed by atoms with Crippen LogP contribution in [-0.2, 0) is 23.2 Å². The fourth-order valence-electron chi connectivity index (χ4n) is 5.63. The summed E-state index contributed by atoms with van der Waals surface area (Å²) in [5.74, 6) is 0.241. The number of fused-ring (bicyclic) bond motifs is 2. The Morgan fingerprint density at radius 3 is 2.50 bits per heavy atom. The highest BCUT2D eigenvalue weighted by atomic mass is 16.2. The number of carbonyl (C=O) groups is 1. The first-order chi connectivity index (χ1) is 16.3. The number of anilines is 1. The first kappa shape index (κ1) is 22.8. The van der Waals surface area contributed by atoms with E-state index in [-0.39, 0.29) is 11.3 Å².